The summed E-state index contributed by atoms with van der Waals surface area (Å²) in [6, 6.07) is 7.29. The highest BCUT2D eigenvalue weighted by Crippen LogP contribution is 2.33. The molecule has 1 saturated carbocycles. The Hall–Kier alpha value is -1.30. The van der Waals surface area contributed by atoms with Gasteiger partial charge in [-0.15, -0.1) is 0 Å². The zero-order valence-electron chi connectivity index (χ0n) is 14.9. The molecule has 3 rings (SSSR count). The van der Waals surface area contributed by atoms with Gasteiger partial charge in [-0.05, 0) is 97.4 Å². The maximum Gasteiger partial charge on any atom is -0.0122 e. The molecule has 1 fully saturated rings. The van der Waals surface area contributed by atoms with Crippen LogP contribution in [0.3, 0.4) is 0 Å². The van der Waals surface area contributed by atoms with Gasteiger partial charge in [-0.25, -0.2) is 0 Å². The predicted molar refractivity (Wildman–Crippen MR) is 97.7 cm³/mol. The van der Waals surface area contributed by atoms with Crippen LogP contribution in [-0.2, 0) is 6.42 Å². The Bertz CT molecular complexity index is 685. The largest absolute Gasteiger partial charge is 0.0625 e. The van der Waals surface area contributed by atoms with E-state index in [0.717, 1.165) is 11.8 Å². The van der Waals surface area contributed by atoms with Crippen molar-refractivity contribution in [2.75, 3.05) is 0 Å². The fraction of sp³-hybridized carbons (Fsp3) is 0.545. The fourth-order valence-electron chi connectivity index (χ4n) is 4.33. The van der Waals surface area contributed by atoms with Gasteiger partial charge in [-0.1, -0.05) is 38.0 Å². The van der Waals surface area contributed by atoms with Crippen molar-refractivity contribution < 1.29 is 0 Å². The van der Waals surface area contributed by atoms with Crippen molar-refractivity contribution in [2.45, 2.75) is 66.7 Å². The summed E-state index contributed by atoms with van der Waals surface area (Å²) in [6.07, 6.45) is 6.97. The van der Waals surface area contributed by atoms with Crippen LogP contribution in [0.5, 0.6) is 0 Å². The summed E-state index contributed by atoms with van der Waals surface area (Å²) in [5, 5.41) is 2.92. The molecule has 0 aromatic heterocycles. The molecule has 0 atom stereocenters. The van der Waals surface area contributed by atoms with Crippen LogP contribution in [0.1, 0.15) is 60.4 Å². The van der Waals surface area contributed by atoms with Crippen molar-refractivity contribution in [3.8, 4) is 0 Å². The quantitative estimate of drug-likeness (QED) is 0.597. The van der Waals surface area contributed by atoms with Gasteiger partial charge < -0.3 is 0 Å². The lowest BCUT2D eigenvalue weighted by Gasteiger charge is -2.26. The molecular weight excluding hydrogens is 264 g/mol. The van der Waals surface area contributed by atoms with Gasteiger partial charge in [-0.3, -0.25) is 0 Å². The van der Waals surface area contributed by atoms with E-state index in [4.69, 9.17) is 0 Å². The molecule has 0 unspecified atom stereocenters. The number of hydrogen-bond donors (Lipinski definition) is 0. The molecule has 2 aromatic rings. The van der Waals surface area contributed by atoms with Gasteiger partial charge in [0.05, 0.1) is 0 Å². The van der Waals surface area contributed by atoms with Gasteiger partial charge in [-0.2, -0.15) is 0 Å². The first-order valence-corrected chi connectivity index (χ1v) is 8.95. The standard InChI is InChI=1S/C22H30/c1-14-6-8-19(9-7-14)12-20-10-16(3)22-18(5)17(4)15(2)11-21(22)13-20/h10-11,13-14,19H,6-9,12H2,1-5H3. The Kier molecular flexibility index (Phi) is 4.30. The monoisotopic (exact) mass is 294 g/mol. The Labute approximate surface area is 135 Å². The van der Waals surface area contributed by atoms with E-state index >= 15 is 0 Å². The molecule has 0 radical (unpaired) electrons. The molecule has 0 saturated heterocycles. The number of benzene rings is 2. The third kappa shape index (κ3) is 2.93. The second-order valence-electron chi connectivity index (χ2n) is 7.78. The third-order valence-electron chi connectivity index (χ3n) is 5.99. The molecule has 0 aliphatic heterocycles. The van der Waals surface area contributed by atoms with Crippen molar-refractivity contribution in [2.24, 2.45) is 11.8 Å². The molecule has 22 heavy (non-hydrogen) atoms. The second-order valence-corrected chi connectivity index (χ2v) is 7.78. The van der Waals surface area contributed by atoms with Gasteiger partial charge in [0.25, 0.3) is 0 Å². The maximum atomic E-state index is 2.46. The normalized spacial score (nSPS) is 22.2. The zero-order valence-corrected chi connectivity index (χ0v) is 14.9. The average molecular weight is 294 g/mol. The van der Waals surface area contributed by atoms with Gasteiger partial charge in [0.1, 0.15) is 0 Å². The summed E-state index contributed by atoms with van der Waals surface area (Å²) < 4.78 is 0. The Morgan fingerprint density at radius 1 is 0.818 bits per heavy atom. The van der Waals surface area contributed by atoms with Crippen LogP contribution in [-0.4, -0.2) is 0 Å². The van der Waals surface area contributed by atoms with E-state index in [2.05, 4.69) is 52.8 Å². The van der Waals surface area contributed by atoms with E-state index in [0.29, 0.717) is 0 Å². The number of aryl methyl sites for hydroxylation is 3. The van der Waals surface area contributed by atoms with Gasteiger partial charge in [0.2, 0.25) is 0 Å². The summed E-state index contributed by atoms with van der Waals surface area (Å²) in [7, 11) is 0. The highest BCUT2D eigenvalue weighted by molar-refractivity contribution is 5.91. The lowest BCUT2D eigenvalue weighted by Crippen LogP contribution is -2.14. The summed E-state index contributed by atoms with van der Waals surface area (Å²) >= 11 is 0. The van der Waals surface area contributed by atoms with Crippen LogP contribution < -0.4 is 0 Å². The van der Waals surface area contributed by atoms with Gasteiger partial charge in [0.15, 0.2) is 0 Å². The lowest BCUT2D eigenvalue weighted by molar-refractivity contribution is 0.289. The Morgan fingerprint density at radius 2 is 1.50 bits per heavy atom. The van der Waals surface area contributed by atoms with Crippen LogP contribution in [0.4, 0.5) is 0 Å². The highest BCUT2D eigenvalue weighted by Gasteiger charge is 2.19. The van der Waals surface area contributed by atoms with E-state index in [-0.39, 0.29) is 0 Å². The average Bonchev–Trinajstić information content (AvgIpc) is 2.47. The number of fused-ring (bicyclic) bond motifs is 1. The van der Waals surface area contributed by atoms with Crippen molar-refractivity contribution >= 4 is 10.8 Å². The van der Waals surface area contributed by atoms with Crippen LogP contribution in [0.25, 0.3) is 10.8 Å². The molecule has 2 aromatic carbocycles. The van der Waals surface area contributed by atoms with E-state index in [1.54, 1.807) is 5.56 Å². The number of rotatable bonds is 2. The lowest BCUT2D eigenvalue weighted by atomic mass is 9.79. The van der Waals surface area contributed by atoms with Crippen LogP contribution in [0.15, 0.2) is 18.2 Å². The summed E-state index contributed by atoms with van der Waals surface area (Å²) in [6.45, 7) is 11.5. The predicted octanol–water partition coefficient (Wildman–Crippen LogP) is 6.44. The molecule has 0 heteroatoms. The minimum absolute atomic E-state index is 0.903. The van der Waals surface area contributed by atoms with E-state index in [9.17, 15) is 0 Å². The summed E-state index contributed by atoms with van der Waals surface area (Å²) in [5.41, 5.74) is 7.34. The first kappa shape index (κ1) is 15.6. The molecular formula is C22H30. The SMILES string of the molecule is Cc1cc2cc(CC3CCC(C)CC3)cc(C)c2c(C)c1C. The molecule has 1 aliphatic carbocycles. The first-order valence-electron chi connectivity index (χ1n) is 8.95. The molecule has 0 heterocycles. The van der Waals surface area contributed by atoms with Gasteiger partial charge in [0, 0.05) is 0 Å². The molecule has 0 N–H and O–H groups in total. The molecule has 1 aliphatic rings. The molecule has 0 nitrogen and oxygen atoms in total. The molecule has 118 valence electrons. The maximum absolute atomic E-state index is 2.46. The topological polar surface area (TPSA) is 0 Å². The Balaban J connectivity index is 1.94. The van der Waals surface area contributed by atoms with Crippen molar-refractivity contribution in [3.63, 3.8) is 0 Å². The molecule has 0 bridgehead atoms. The van der Waals surface area contributed by atoms with E-state index in [1.807, 2.05) is 0 Å². The second kappa shape index (κ2) is 6.07. The van der Waals surface area contributed by atoms with E-state index in [1.165, 1.54) is 65.1 Å². The van der Waals surface area contributed by atoms with Crippen molar-refractivity contribution in [3.05, 3.63) is 46.0 Å². The smallest absolute Gasteiger partial charge is 0.0122 e. The summed E-state index contributed by atoms with van der Waals surface area (Å²) in [4.78, 5) is 0. The van der Waals surface area contributed by atoms with Crippen LogP contribution in [0, 0.1) is 39.5 Å². The molecule has 0 spiro atoms. The Morgan fingerprint density at radius 3 is 2.18 bits per heavy atom. The van der Waals surface area contributed by atoms with Crippen molar-refractivity contribution in [1.29, 1.82) is 0 Å². The van der Waals surface area contributed by atoms with Crippen molar-refractivity contribution in [1.82, 2.24) is 0 Å². The minimum atomic E-state index is 0.903. The minimum Gasteiger partial charge on any atom is -0.0625 e. The first-order chi connectivity index (χ1) is 10.5. The van der Waals surface area contributed by atoms with E-state index < -0.39 is 0 Å². The van der Waals surface area contributed by atoms with Gasteiger partial charge >= 0.3 is 0 Å². The highest BCUT2D eigenvalue weighted by atomic mass is 14.2. The summed E-state index contributed by atoms with van der Waals surface area (Å²) in [5.74, 6) is 1.85. The number of hydrogen-bond acceptors (Lipinski definition) is 0. The van der Waals surface area contributed by atoms with Crippen LogP contribution >= 0.6 is 0 Å². The molecule has 0 amide bonds. The zero-order chi connectivity index (χ0) is 15.9. The van der Waals surface area contributed by atoms with Crippen LogP contribution in [0.2, 0.25) is 0 Å². The fourth-order valence-corrected chi connectivity index (χ4v) is 4.33. The third-order valence-corrected chi connectivity index (χ3v) is 5.99.